The summed E-state index contributed by atoms with van der Waals surface area (Å²) in [5, 5.41) is 1.19. The number of hydrogen-bond donors (Lipinski definition) is 0. The Hall–Kier alpha value is -2.01. The van der Waals surface area contributed by atoms with Crippen LogP contribution in [-0.2, 0) is 22.5 Å². The minimum absolute atomic E-state index is 0.145. The first-order valence-corrected chi connectivity index (χ1v) is 7.58. The minimum Gasteiger partial charge on any atom is -0.497 e. The summed E-state index contributed by atoms with van der Waals surface area (Å²) in [6.07, 6.45) is 2.26. The fourth-order valence-electron chi connectivity index (χ4n) is 3.00. The fourth-order valence-corrected chi connectivity index (χ4v) is 3.00. The summed E-state index contributed by atoms with van der Waals surface area (Å²) in [5.74, 6) is 1.70. The van der Waals surface area contributed by atoms with Crippen LogP contribution < -0.4 is 4.74 Å². The lowest BCUT2D eigenvalue weighted by molar-refractivity contribution is -0.140. The lowest BCUT2D eigenvalue weighted by Gasteiger charge is -2.25. The molecule has 0 saturated carbocycles. The Bertz CT molecular complexity index is 677. The molecular formula is C17H21NO4. The monoisotopic (exact) mass is 303 g/mol. The van der Waals surface area contributed by atoms with Crippen LogP contribution in [0.5, 0.6) is 5.75 Å². The van der Waals surface area contributed by atoms with Gasteiger partial charge in [-0.15, -0.1) is 0 Å². The molecule has 0 N–H and O–H groups in total. The smallest absolute Gasteiger partial charge is 0.305 e. The van der Waals surface area contributed by atoms with Gasteiger partial charge < -0.3 is 13.9 Å². The number of nitrogens with zero attached hydrogens (tertiary/aromatic N) is 1. The van der Waals surface area contributed by atoms with Gasteiger partial charge in [-0.3, -0.25) is 9.69 Å². The second kappa shape index (κ2) is 6.40. The van der Waals surface area contributed by atoms with Crippen molar-refractivity contribution in [2.45, 2.75) is 25.8 Å². The van der Waals surface area contributed by atoms with E-state index in [1.165, 1.54) is 18.1 Å². The molecular weight excluding hydrogens is 282 g/mol. The van der Waals surface area contributed by atoms with Crippen LogP contribution in [0.25, 0.3) is 11.0 Å². The minimum atomic E-state index is -0.145. The van der Waals surface area contributed by atoms with Crippen molar-refractivity contribution in [2.24, 2.45) is 0 Å². The van der Waals surface area contributed by atoms with Gasteiger partial charge in [0.2, 0.25) is 0 Å². The molecule has 118 valence electrons. The van der Waals surface area contributed by atoms with Crippen LogP contribution in [0, 0.1) is 0 Å². The summed E-state index contributed by atoms with van der Waals surface area (Å²) in [6.45, 7) is 2.68. The highest BCUT2D eigenvalue weighted by atomic mass is 16.5. The molecule has 5 nitrogen and oxygen atoms in total. The maximum Gasteiger partial charge on any atom is 0.305 e. The van der Waals surface area contributed by atoms with Crippen molar-refractivity contribution in [3.8, 4) is 5.75 Å². The molecule has 0 bridgehead atoms. The lowest BCUT2D eigenvalue weighted by atomic mass is 10.0. The number of ether oxygens (including phenoxy) is 2. The Kier molecular flexibility index (Phi) is 4.34. The highest BCUT2D eigenvalue weighted by Crippen LogP contribution is 2.32. The summed E-state index contributed by atoms with van der Waals surface area (Å²) < 4.78 is 15.9. The van der Waals surface area contributed by atoms with E-state index in [0.717, 1.165) is 49.6 Å². The van der Waals surface area contributed by atoms with E-state index in [1.807, 2.05) is 12.1 Å². The molecule has 0 aliphatic carbocycles. The summed E-state index contributed by atoms with van der Waals surface area (Å²) in [7, 11) is 3.09. The average Bonchev–Trinajstić information content (AvgIpc) is 2.91. The zero-order chi connectivity index (χ0) is 15.5. The third-order valence-electron chi connectivity index (χ3n) is 4.21. The maximum atomic E-state index is 11.2. The number of carbonyl (C=O) groups is 1. The van der Waals surface area contributed by atoms with E-state index >= 15 is 0 Å². The summed E-state index contributed by atoms with van der Waals surface area (Å²) in [6, 6.07) is 5.99. The third-order valence-corrected chi connectivity index (χ3v) is 4.21. The van der Waals surface area contributed by atoms with E-state index in [-0.39, 0.29) is 5.97 Å². The molecule has 5 heteroatoms. The molecule has 1 aliphatic rings. The first kappa shape index (κ1) is 14.9. The SMILES string of the molecule is COC(=O)CCCN1CCc2c(oc3cc(OC)ccc23)C1. The normalized spacial score (nSPS) is 14.8. The molecule has 0 saturated heterocycles. The van der Waals surface area contributed by atoms with Gasteiger partial charge in [0.1, 0.15) is 17.1 Å². The number of furan rings is 1. The van der Waals surface area contributed by atoms with Crippen LogP contribution in [0.1, 0.15) is 24.2 Å². The van der Waals surface area contributed by atoms with Crippen LogP contribution in [0.4, 0.5) is 0 Å². The molecule has 2 heterocycles. The molecule has 0 spiro atoms. The third kappa shape index (κ3) is 2.95. The van der Waals surface area contributed by atoms with Gasteiger partial charge in [0, 0.05) is 30.0 Å². The van der Waals surface area contributed by atoms with Crippen LogP contribution >= 0.6 is 0 Å². The van der Waals surface area contributed by atoms with Gasteiger partial charge >= 0.3 is 5.97 Å². The van der Waals surface area contributed by atoms with E-state index in [2.05, 4.69) is 15.7 Å². The fraction of sp³-hybridized carbons (Fsp3) is 0.471. The topological polar surface area (TPSA) is 51.9 Å². The Balaban J connectivity index is 1.69. The molecule has 1 aliphatic heterocycles. The lowest BCUT2D eigenvalue weighted by Crippen LogP contribution is -2.31. The van der Waals surface area contributed by atoms with E-state index in [9.17, 15) is 4.79 Å². The molecule has 0 radical (unpaired) electrons. The summed E-state index contributed by atoms with van der Waals surface area (Å²) in [5.41, 5.74) is 2.20. The Morgan fingerprint density at radius 2 is 2.23 bits per heavy atom. The van der Waals surface area contributed by atoms with Crippen LogP contribution in [0.15, 0.2) is 22.6 Å². The van der Waals surface area contributed by atoms with Gasteiger partial charge in [0.15, 0.2) is 0 Å². The maximum absolute atomic E-state index is 11.2. The molecule has 3 rings (SSSR count). The molecule has 1 aromatic heterocycles. The van der Waals surface area contributed by atoms with Crippen LogP contribution in [0.2, 0.25) is 0 Å². The largest absolute Gasteiger partial charge is 0.497 e. The number of esters is 1. The predicted octanol–water partition coefficient (Wildman–Crippen LogP) is 2.75. The van der Waals surface area contributed by atoms with Crippen molar-refractivity contribution in [2.75, 3.05) is 27.3 Å². The average molecular weight is 303 g/mol. The van der Waals surface area contributed by atoms with Gasteiger partial charge in [-0.25, -0.2) is 0 Å². The Labute approximate surface area is 129 Å². The highest BCUT2D eigenvalue weighted by Gasteiger charge is 2.22. The first-order chi connectivity index (χ1) is 10.7. The van der Waals surface area contributed by atoms with Crippen molar-refractivity contribution < 1.29 is 18.7 Å². The van der Waals surface area contributed by atoms with E-state index in [4.69, 9.17) is 9.15 Å². The second-order valence-electron chi connectivity index (χ2n) is 5.57. The summed E-state index contributed by atoms with van der Waals surface area (Å²) in [4.78, 5) is 13.5. The number of methoxy groups -OCH3 is 2. The predicted molar refractivity (Wildman–Crippen MR) is 83.0 cm³/mol. The molecule has 22 heavy (non-hydrogen) atoms. The van der Waals surface area contributed by atoms with Crippen molar-refractivity contribution in [3.05, 3.63) is 29.5 Å². The molecule has 0 fully saturated rings. The van der Waals surface area contributed by atoms with E-state index in [0.29, 0.717) is 6.42 Å². The number of benzene rings is 1. The molecule has 0 amide bonds. The number of carbonyl (C=O) groups excluding carboxylic acids is 1. The summed E-state index contributed by atoms with van der Waals surface area (Å²) >= 11 is 0. The number of hydrogen-bond acceptors (Lipinski definition) is 5. The zero-order valence-electron chi connectivity index (χ0n) is 13.1. The van der Waals surface area contributed by atoms with Crippen LogP contribution in [-0.4, -0.2) is 38.2 Å². The number of rotatable bonds is 5. The molecule has 0 unspecified atom stereocenters. The van der Waals surface area contributed by atoms with Gasteiger partial charge in [0.05, 0.1) is 20.8 Å². The van der Waals surface area contributed by atoms with Crippen molar-refractivity contribution >= 4 is 16.9 Å². The van der Waals surface area contributed by atoms with Gasteiger partial charge in [-0.2, -0.15) is 0 Å². The van der Waals surface area contributed by atoms with Crippen molar-refractivity contribution in [1.29, 1.82) is 0 Å². The molecule has 1 aromatic carbocycles. The van der Waals surface area contributed by atoms with Gasteiger partial charge in [-0.05, 0) is 31.5 Å². The Morgan fingerprint density at radius 1 is 1.36 bits per heavy atom. The molecule has 0 atom stereocenters. The van der Waals surface area contributed by atoms with E-state index < -0.39 is 0 Å². The highest BCUT2D eigenvalue weighted by molar-refractivity contribution is 5.83. The van der Waals surface area contributed by atoms with Crippen molar-refractivity contribution in [3.63, 3.8) is 0 Å². The van der Waals surface area contributed by atoms with Gasteiger partial charge in [0.25, 0.3) is 0 Å². The second-order valence-corrected chi connectivity index (χ2v) is 5.57. The zero-order valence-corrected chi connectivity index (χ0v) is 13.1. The standard InChI is InChI=1S/C17H21NO4/c1-20-12-5-6-13-14-7-9-18(8-3-4-17(19)21-2)11-16(14)22-15(13)10-12/h5-6,10H,3-4,7-9,11H2,1-2H3. The van der Waals surface area contributed by atoms with E-state index in [1.54, 1.807) is 7.11 Å². The molecule has 2 aromatic rings. The number of fused-ring (bicyclic) bond motifs is 3. The first-order valence-electron chi connectivity index (χ1n) is 7.58. The van der Waals surface area contributed by atoms with Crippen molar-refractivity contribution in [1.82, 2.24) is 4.90 Å². The van der Waals surface area contributed by atoms with Gasteiger partial charge in [-0.1, -0.05) is 0 Å². The quantitative estimate of drug-likeness (QED) is 0.795. The Morgan fingerprint density at radius 3 is 3.00 bits per heavy atom. The van der Waals surface area contributed by atoms with Crippen LogP contribution in [0.3, 0.4) is 0 Å².